The monoisotopic (exact) mass is 231 g/mol. The third-order valence-electron chi connectivity index (χ3n) is 3.07. The Morgan fingerprint density at radius 2 is 1.80 bits per heavy atom. The lowest BCUT2D eigenvalue weighted by atomic mass is 9.99. The van der Waals surface area contributed by atoms with Gasteiger partial charge < -0.3 is 10.1 Å². The Morgan fingerprint density at radius 3 is 2.27 bits per heavy atom. The lowest BCUT2D eigenvalue weighted by Crippen LogP contribution is -2.45. The Bertz CT molecular complexity index is 186. The first-order valence-electron chi connectivity index (χ1n) is 5.87. The minimum Gasteiger partial charge on any atom is -0.375 e. The van der Waals surface area contributed by atoms with Crippen LogP contribution in [0.15, 0.2) is 0 Å². The van der Waals surface area contributed by atoms with Crippen LogP contribution in [0.25, 0.3) is 0 Å². The van der Waals surface area contributed by atoms with E-state index in [2.05, 4.69) is 39.3 Å². The molecule has 1 fully saturated rings. The highest BCUT2D eigenvalue weighted by Gasteiger charge is 2.25. The van der Waals surface area contributed by atoms with Crippen LogP contribution >= 0.6 is 11.8 Å². The van der Waals surface area contributed by atoms with Crippen molar-refractivity contribution in [2.75, 3.05) is 12.8 Å². The highest BCUT2D eigenvalue weighted by atomic mass is 32.2. The molecule has 0 amide bonds. The summed E-state index contributed by atoms with van der Waals surface area (Å²) < 4.78 is 6.07. The molecular weight excluding hydrogens is 206 g/mol. The normalized spacial score (nSPS) is 33.0. The SMILES string of the molecule is CSC(C)(C)CNC1CC(C)OC(C)C1. The van der Waals surface area contributed by atoms with Crippen LogP contribution in [0.2, 0.25) is 0 Å². The first-order valence-corrected chi connectivity index (χ1v) is 7.09. The molecule has 0 aromatic rings. The molecule has 3 heteroatoms. The summed E-state index contributed by atoms with van der Waals surface area (Å²) in [5, 5.41) is 3.67. The van der Waals surface area contributed by atoms with E-state index in [0.717, 1.165) is 19.4 Å². The number of hydrogen-bond acceptors (Lipinski definition) is 3. The molecule has 2 atom stereocenters. The van der Waals surface area contributed by atoms with Crippen LogP contribution in [0, 0.1) is 0 Å². The van der Waals surface area contributed by atoms with Crippen molar-refractivity contribution < 1.29 is 4.74 Å². The first kappa shape index (κ1) is 13.3. The fourth-order valence-corrected chi connectivity index (χ4v) is 2.26. The van der Waals surface area contributed by atoms with Crippen LogP contribution in [0.5, 0.6) is 0 Å². The van der Waals surface area contributed by atoms with E-state index in [1.54, 1.807) is 0 Å². The predicted octanol–water partition coefficient (Wildman–Crippen LogP) is 2.67. The molecule has 1 aliphatic heterocycles. The van der Waals surface area contributed by atoms with Crippen molar-refractivity contribution >= 4 is 11.8 Å². The van der Waals surface area contributed by atoms with Gasteiger partial charge in [0.1, 0.15) is 0 Å². The second-order valence-electron chi connectivity index (χ2n) is 5.27. The number of thioether (sulfide) groups is 1. The van der Waals surface area contributed by atoms with Crippen molar-refractivity contribution in [1.82, 2.24) is 5.32 Å². The van der Waals surface area contributed by atoms with Gasteiger partial charge in [0, 0.05) is 17.3 Å². The van der Waals surface area contributed by atoms with E-state index in [1.807, 2.05) is 11.8 Å². The third-order valence-corrected chi connectivity index (χ3v) is 4.32. The minimum absolute atomic E-state index is 0.338. The zero-order valence-corrected chi connectivity index (χ0v) is 11.5. The van der Waals surface area contributed by atoms with Gasteiger partial charge in [0.2, 0.25) is 0 Å². The number of nitrogens with one attached hydrogen (secondary N) is 1. The molecule has 1 heterocycles. The summed E-state index contributed by atoms with van der Waals surface area (Å²) >= 11 is 1.92. The van der Waals surface area contributed by atoms with Crippen LogP contribution < -0.4 is 5.32 Å². The van der Waals surface area contributed by atoms with Gasteiger partial charge in [-0.3, -0.25) is 0 Å². The van der Waals surface area contributed by atoms with Crippen LogP contribution in [-0.2, 0) is 4.74 Å². The Hall–Kier alpha value is 0.270. The third kappa shape index (κ3) is 4.75. The average molecular weight is 231 g/mol. The van der Waals surface area contributed by atoms with Crippen molar-refractivity contribution in [2.24, 2.45) is 0 Å². The summed E-state index contributed by atoms with van der Waals surface area (Å²) in [6.07, 6.45) is 5.29. The van der Waals surface area contributed by atoms with Gasteiger partial charge in [-0.15, -0.1) is 0 Å². The summed E-state index contributed by atoms with van der Waals surface area (Å²) in [5.41, 5.74) is 0. The zero-order chi connectivity index (χ0) is 11.5. The molecule has 0 aliphatic carbocycles. The van der Waals surface area contributed by atoms with Crippen LogP contribution in [0.4, 0.5) is 0 Å². The molecule has 15 heavy (non-hydrogen) atoms. The van der Waals surface area contributed by atoms with Gasteiger partial charge in [-0.25, -0.2) is 0 Å². The summed E-state index contributed by atoms with van der Waals surface area (Å²) in [4.78, 5) is 0. The van der Waals surface area contributed by atoms with Crippen molar-refractivity contribution in [3.05, 3.63) is 0 Å². The number of hydrogen-bond donors (Lipinski definition) is 1. The van der Waals surface area contributed by atoms with E-state index >= 15 is 0 Å². The van der Waals surface area contributed by atoms with Gasteiger partial charge in [-0.1, -0.05) is 0 Å². The minimum atomic E-state index is 0.338. The van der Waals surface area contributed by atoms with E-state index in [4.69, 9.17) is 4.74 Å². The quantitative estimate of drug-likeness (QED) is 0.804. The van der Waals surface area contributed by atoms with E-state index in [0.29, 0.717) is 23.0 Å². The molecule has 0 aromatic carbocycles. The van der Waals surface area contributed by atoms with Crippen LogP contribution in [-0.4, -0.2) is 35.8 Å². The summed E-state index contributed by atoms with van der Waals surface area (Å²) in [6, 6.07) is 0.634. The van der Waals surface area contributed by atoms with Gasteiger partial charge in [-0.05, 0) is 46.8 Å². The van der Waals surface area contributed by atoms with Crippen molar-refractivity contribution in [1.29, 1.82) is 0 Å². The van der Waals surface area contributed by atoms with Crippen molar-refractivity contribution in [2.45, 2.75) is 63.5 Å². The van der Waals surface area contributed by atoms with Crippen LogP contribution in [0.1, 0.15) is 40.5 Å². The largest absolute Gasteiger partial charge is 0.375 e. The molecule has 0 saturated carbocycles. The Balaban J connectivity index is 2.32. The molecule has 1 aliphatic rings. The summed E-state index contributed by atoms with van der Waals surface area (Å²) in [7, 11) is 0. The first-order chi connectivity index (χ1) is 6.93. The lowest BCUT2D eigenvalue weighted by Gasteiger charge is -2.34. The molecule has 2 nitrogen and oxygen atoms in total. The molecular formula is C12H25NOS. The summed E-state index contributed by atoms with van der Waals surface area (Å²) in [5.74, 6) is 0. The molecule has 90 valence electrons. The topological polar surface area (TPSA) is 21.3 Å². The van der Waals surface area contributed by atoms with Crippen LogP contribution in [0.3, 0.4) is 0 Å². The van der Waals surface area contributed by atoms with E-state index in [1.165, 1.54) is 0 Å². The zero-order valence-electron chi connectivity index (χ0n) is 10.7. The molecule has 0 spiro atoms. The Labute approximate surface area is 98.5 Å². The molecule has 0 aromatic heterocycles. The highest BCUT2D eigenvalue weighted by Crippen LogP contribution is 2.23. The number of ether oxygens (including phenoxy) is 1. The van der Waals surface area contributed by atoms with Gasteiger partial charge in [0.15, 0.2) is 0 Å². The molecule has 1 saturated heterocycles. The second-order valence-corrected chi connectivity index (χ2v) is 6.78. The van der Waals surface area contributed by atoms with Gasteiger partial charge in [-0.2, -0.15) is 11.8 Å². The molecule has 0 radical (unpaired) electrons. The standard InChI is InChI=1S/C12H25NOS/c1-9-6-11(7-10(2)14-9)13-8-12(3,4)15-5/h9-11,13H,6-8H2,1-5H3. The Morgan fingerprint density at radius 1 is 1.27 bits per heavy atom. The van der Waals surface area contributed by atoms with Crippen molar-refractivity contribution in [3.63, 3.8) is 0 Å². The Kier molecular flexibility index (Phi) is 4.94. The van der Waals surface area contributed by atoms with Gasteiger partial charge in [0.05, 0.1) is 12.2 Å². The summed E-state index contributed by atoms with van der Waals surface area (Å²) in [6.45, 7) is 10.0. The predicted molar refractivity (Wildman–Crippen MR) is 68.6 cm³/mol. The maximum Gasteiger partial charge on any atom is 0.0565 e. The van der Waals surface area contributed by atoms with E-state index in [9.17, 15) is 0 Å². The molecule has 0 bridgehead atoms. The molecule has 1 rings (SSSR count). The second kappa shape index (κ2) is 5.55. The number of rotatable bonds is 4. The molecule has 1 N–H and O–H groups in total. The van der Waals surface area contributed by atoms with Gasteiger partial charge >= 0.3 is 0 Å². The van der Waals surface area contributed by atoms with Gasteiger partial charge in [0.25, 0.3) is 0 Å². The van der Waals surface area contributed by atoms with Crippen molar-refractivity contribution in [3.8, 4) is 0 Å². The average Bonchev–Trinajstić information content (AvgIpc) is 2.14. The lowest BCUT2D eigenvalue weighted by molar-refractivity contribution is -0.0421. The maximum absolute atomic E-state index is 5.73. The highest BCUT2D eigenvalue weighted by molar-refractivity contribution is 7.99. The maximum atomic E-state index is 5.73. The van der Waals surface area contributed by atoms with E-state index < -0.39 is 0 Å². The molecule has 2 unspecified atom stereocenters. The fourth-order valence-electron chi connectivity index (χ4n) is 2.03. The van der Waals surface area contributed by atoms with E-state index in [-0.39, 0.29) is 0 Å². The smallest absolute Gasteiger partial charge is 0.0565 e. The fraction of sp³-hybridized carbons (Fsp3) is 1.00.